The van der Waals surface area contributed by atoms with Gasteiger partial charge in [-0.15, -0.1) is 0 Å². The smallest absolute Gasteiger partial charge is 0.191 e. The van der Waals surface area contributed by atoms with Crippen LogP contribution < -0.4 is 15.4 Å². The number of rotatable bonds is 4. The number of benzene rings is 2. The number of hydrogen-bond acceptors (Lipinski definition) is 4. The van der Waals surface area contributed by atoms with Gasteiger partial charge in [0.2, 0.25) is 0 Å². The molecular weight excluding hydrogens is 250 g/mol. The van der Waals surface area contributed by atoms with E-state index >= 15 is 0 Å². The van der Waals surface area contributed by atoms with Crippen LogP contribution in [-0.4, -0.2) is 32.2 Å². The van der Waals surface area contributed by atoms with E-state index in [1.165, 1.54) is 10.8 Å². The average molecular weight is 269 g/mol. The van der Waals surface area contributed by atoms with Crippen LogP contribution in [0, 0.1) is 0 Å². The molecule has 1 aliphatic heterocycles. The Bertz CT molecular complexity index is 609. The van der Waals surface area contributed by atoms with E-state index in [9.17, 15) is 0 Å². The molecule has 0 saturated carbocycles. The van der Waals surface area contributed by atoms with Crippen molar-refractivity contribution in [1.82, 2.24) is 10.6 Å². The van der Waals surface area contributed by atoms with Crippen LogP contribution in [0.25, 0.3) is 10.8 Å². The van der Waals surface area contributed by atoms with Crippen molar-refractivity contribution in [3.05, 3.63) is 42.5 Å². The van der Waals surface area contributed by atoms with Crippen LogP contribution in [0.15, 0.2) is 47.5 Å². The van der Waals surface area contributed by atoms with Crippen molar-refractivity contribution in [2.45, 2.75) is 6.42 Å². The summed E-state index contributed by atoms with van der Waals surface area (Å²) in [5, 5.41) is 8.91. The molecule has 0 atom stereocenters. The molecule has 3 rings (SSSR count). The molecule has 0 bridgehead atoms. The SMILES string of the molecule is c1ccc2cc(OCCNC3=NCCCN3)ccc2c1. The van der Waals surface area contributed by atoms with E-state index in [0.717, 1.165) is 37.8 Å². The molecule has 2 N–H and O–H groups in total. The van der Waals surface area contributed by atoms with Gasteiger partial charge in [0, 0.05) is 13.1 Å². The van der Waals surface area contributed by atoms with Gasteiger partial charge in [-0.3, -0.25) is 4.99 Å². The lowest BCUT2D eigenvalue weighted by Crippen LogP contribution is -2.42. The molecule has 1 heterocycles. The highest BCUT2D eigenvalue weighted by molar-refractivity contribution is 5.83. The first-order chi connectivity index (χ1) is 9.92. The zero-order chi connectivity index (χ0) is 13.6. The van der Waals surface area contributed by atoms with E-state index in [1.807, 2.05) is 18.2 Å². The van der Waals surface area contributed by atoms with Crippen LogP contribution in [0.3, 0.4) is 0 Å². The lowest BCUT2D eigenvalue weighted by Gasteiger charge is -2.16. The minimum absolute atomic E-state index is 0.624. The first-order valence-corrected chi connectivity index (χ1v) is 7.06. The molecule has 4 heteroatoms. The minimum atomic E-state index is 0.624. The van der Waals surface area contributed by atoms with Crippen molar-refractivity contribution in [3.63, 3.8) is 0 Å². The Labute approximate surface area is 118 Å². The van der Waals surface area contributed by atoms with Crippen molar-refractivity contribution in [1.29, 1.82) is 0 Å². The second-order valence-electron chi connectivity index (χ2n) is 4.79. The molecule has 0 fully saturated rings. The predicted octanol–water partition coefficient (Wildman–Crippen LogP) is 2.16. The van der Waals surface area contributed by atoms with Crippen LogP contribution in [0.5, 0.6) is 5.75 Å². The lowest BCUT2D eigenvalue weighted by molar-refractivity contribution is 0.322. The zero-order valence-corrected chi connectivity index (χ0v) is 11.4. The van der Waals surface area contributed by atoms with Gasteiger partial charge in [0.25, 0.3) is 0 Å². The predicted molar refractivity (Wildman–Crippen MR) is 82.4 cm³/mol. The van der Waals surface area contributed by atoms with E-state index in [-0.39, 0.29) is 0 Å². The highest BCUT2D eigenvalue weighted by atomic mass is 16.5. The van der Waals surface area contributed by atoms with Crippen molar-refractivity contribution in [2.24, 2.45) is 4.99 Å². The average Bonchev–Trinajstić information content (AvgIpc) is 2.52. The summed E-state index contributed by atoms with van der Waals surface area (Å²) in [6.07, 6.45) is 1.11. The second kappa shape index (κ2) is 6.28. The first-order valence-electron chi connectivity index (χ1n) is 7.06. The Morgan fingerprint density at radius 2 is 2.05 bits per heavy atom. The standard InChI is InChI=1S/C16H19N3O/c1-2-5-14-12-15(7-6-13(14)4-1)20-11-10-19-16-17-8-3-9-18-16/h1-2,4-7,12H,3,8-11H2,(H2,17,18,19). The van der Waals surface area contributed by atoms with Gasteiger partial charge in [0.05, 0.1) is 6.54 Å². The number of aliphatic imine (C=N–C) groups is 1. The van der Waals surface area contributed by atoms with E-state index in [1.54, 1.807) is 0 Å². The van der Waals surface area contributed by atoms with Crippen LogP contribution >= 0.6 is 0 Å². The van der Waals surface area contributed by atoms with Gasteiger partial charge >= 0.3 is 0 Å². The molecule has 0 aromatic heterocycles. The van der Waals surface area contributed by atoms with Crippen molar-refractivity contribution < 1.29 is 4.74 Å². The maximum atomic E-state index is 5.76. The van der Waals surface area contributed by atoms with E-state index in [4.69, 9.17) is 4.74 Å². The fourth-order valence-corrected chi connectivity index (χ4v) is 2.25. The van der Waals surface area contributed by atoms with Gasteiger partial charge in [-0.05, 0) is 29.3 Å². The topological polar surface area (TPSA) is 45.6 Å². The van der Waals surface area contributed by atoms with Crippen LogP contribution in [0.1, 0.15) is 6.42 Å². The minimum Gasteiger partial charge on any atom is -0.492 e. The van der Waals surface area contributed by atoms with Crippen molar-refractivity contribution >= 4 is 16.7 Å². The van der Waals surface area contributed by atoms with Gasteiger partial charge in [0.15, 0.2) is 5.96 Å². The fraction of sp³-hybridized carbons (Fsp3) is 0.312. The summed E-state index contributed by atoms with van der Waals surface area (Å²) in [4.78, 5) is 4.35. The number of fused-ring (bicyclic) bond motifs is 1. The summed E-state index contributed by atoms with van der Waals surface area (Å²) in [7, 11) is 0. The summed E-state index contributed by atoms with van der Waals surface area (Å²) in [6.45, 7) is 3.27. The fourth-order valence-electron chi connectivity index (χ4n) is 2.25. The van der Waals surface area contributed by atoms with Crippen LogP contribution in [-0.2, 0) is 0 Å². The van der Waals surface area contributed by atoms with E-state index in [0.29, 0.717) is 6.61 Å². The number of nitrogens with zero attached hydrogens (tertiary/aromatic N) is 1. The Hall–Kier alpha value is -2.23. The monoisotopic (exact) mass is 269 g/mol. The van der Waals surface area contributed by atoms with Gasteiger partial charge in [-0.1, -0.05) is 30.3 Å². The quantitative estimate of drug-likeness (QED) is 0.836. The van der Waals surface area contributed by atoms with Gasteiger partial charge in [0.1, 0.15) is 12.4 Å². The van der Waals surface area contributed by atoms with Crippen LogP contribution in [0.2, 0.25) is 0 Å². The molecule has 2 aromatic carbocycles. The van der Waals surface area contributed by atoms with Gasteiger partial charge in [-0.2, -0.15) is 0 Å². The zero-order valence-electron chi connectivity index (χ0n) is 11.4. The summed E-state index contributed by atoms with van der Waals surface area (Å²) >= 11 is 0. The van der Waals surface area contributed by atoms with Crippen molar-refractivity contribution in [3.8, 4) is 5.75 Å². The lowest BCUT2D eigenvalue weighted by atomic mass is 10.1. The van der Waals surface area contributed by atoms with Gasteiger partial charge < -0.3 is 15.4 Å². The van der Waals surface area contributed by atoms with Gasteiger partial charge in [-0.25, -0.2) is 0 Å². The summed E-state index contributed by atoms with van der Waals surface area (Å²) in [6, 6.07) is 14.5. The number of nitrogens with one attached hydrogen (secondary N) is 2. The third-order valence-electron chi connectivity index (χ3n) is 3.28. The molecule has 0 spiro atoms. The summed E-state index contributed by atoms with van der Waals surface area (Å²) < 4.78 is 5.76. The molecule has 0 unspecified atom stereocenters. The highest BCUT2D eigenvalue weighted by Crippen LogP contribution is 2.20. The normalized spacial score (nSPS) is 14.5. The molecule has 1 aliphatic rings. The van der Waals surface area contributed by atoms with Crippen LogP contribution in [0.4, 0.5) is 0 Å². The first kappa shape index (κ1) is 12.8. The maximum absolute atomic E-state index is 5.76. The Morgan fingerprint density at radius 3 is 2.90 bits per heavy atom. The number of ether oxygens (including phenoxy) is 1. The molecule has 0 aliphatic carbocycles. The summed E-state index contributed by atoms with van der Waals surface area (Å²) in [5.74, 6) is 1.79. The third-order valence-corrected chi connectivity index (χ3v) is 3.28. The maximum Gasteiger partial charge on any atom is 0.191 e. The molecule has 104 valence electrons. The van der Waals surface area contributed by atoms with E-state index < -0.39 is 0 Å². The molecule has 0 saturated heterocycles. The molecule has 0 radical (unpaired) electrons. The molecular formula is C16H19N3O. The number of guanidine groups is 1. The third kappa shape index (κ3) is 3.20. The molecule has 20 heavy (non-hydrogen) atoms. The number of hydrogen-bond donors (Lipinski definition) is 2. The molecule has 4 nitrogen and oxygen atoms in total. The Balaban J connectivity index is 1.50. The van der Waals surface area contributed by atoms with E-state index in [2.05, 4.69) is 39.9 Å². The Morgan fingerprint density at radius 1 is 1.15 bits per heavy atom. The summed E-state index contributed by atoms with van der Waals surface area (Å²) in [5.41, 5.74) is 0. The second-order valence-corrected chi connectivity index (χ2v) is 4.79. The van der Waals surface area contributed by atoms with Crippen molar-refractivity contribution in [2.75, 3.05) is 26.2 Å². The largest absolute Gasteiger partial charge is 0.492 e. The highest BCUT2D eigenvalue weighted by Gasteiger charge is 2.02. The Kier molecular flexibility index (Phi) is 4.01. The molecule has 2 aromatic rings. The molecule has 0 amide bonds.